The van der Waals surface area contributed by atoms with E-state index in [1.165, 1.54) is 6.08 Å². The standard InChI is InChI=1S/C23H22N2O4/c1-2-28-20-12-5-6-13-21(20)29-16-23(27)25-24-22(26)15-14-18-10-7-9-17-8-3-4-11-19(17)18/h3-15H,2,16H2,1H3,(H,24,26)(H,25,27)/b15-14+. The topological polar surface area (TPSA) is 76.7 Å². The number of amides is 2. The number of hydrazine groups is 1. The lowest BCUT2D eigenvalue weighted by Gasteiger charge is -2.11. The van der Waals surface area contributed by atoms with Crippen molar-refractivity contribution in [2.24, 2.45) is 0 Å². The summed E-state index contributed by atoms with van der Waals surface area (Å²) in [4.78, 5) is 23.9. The molecule has 148 valence electrons. The van der Waals surface area contributed by atoms with E-state index >= 15 is 0 Å². The molecule has 6 nitrogen and oxygen atoms in total. The van der Waals surface area contributed by atoms with Crippen LogP contribution in [0.5, 0.6) is 11.5 Å². The van der Waals surface area contributed by atoms with Gasteiger partial charge in [-0.2, -0.15) is 0 Å². The van der Waals surface area contributed by atoms with Gasteiger partial charge in [0.2, 0.25) is 0 Å². The summed E-state index contributed by atoms with van der Waals surface area (Å²) in [5.74, 6) is 0.0979. The zero-order chi connectivity index (χ0) is 20.5. The second-order valence-electron chi connectivity index (χ2n) is 6.11. The van der Waals surface area contributed by atoms with Crippen LogP contribution in [-0.2, 0) is 9.59 Å². The molecule has 0 aliphatic carbocycles. The predicted molar refractivity (Wildman–Crippen MR) is 112 cm³/mol. The molecule has 0 saturated heterocycles. The highest BCUT2D eigenvalue weighted by Crippen LogP contribution is 2.26. The number of carbonyl (C=O) groups excluding carboxylic acids is 2. The Morgan fingerprint density at radius 2 is 1.55 bits per heavy atom. The lowest BCUT2D eigenvalue weighted by molar-refractivity contribution is -0.128. The number of benzene rings is 3. The van der Waals surface area contributed by atoms with Gasteiger partial charge in [-0.3, -0.25) is 20.4 Å². The second-order valence-corrected chi connectivity index (χ2v) is 6.11. The van der Waals surface area contributed by atoms with Gasteiger partial charge in [0.05, 0.1) is 6.61 Å². The second kappa shape index (κ2) is 9.94. The van der Waals surface area contributed by atoms with Crippen molar-refractivity contribution < 1.29 is 19.1 Å². The SMILES string of the molecule is CCOc1ccccc1OCC(=O)NNC(=O)/C=C/c1cccc2ccccc12. The Morgan fingerprint density at radius 1 is 0.862 bits per heavy atom. The molecule has 3 rings (SSSR count). The molecule has 0 aliphatic heterocycles. The van der Waals surface area contributed by atoms with Crippen LogP contribution in [0.2, 0.25) is 0 Å². The van der Waals surface area contributed by atoms with E-state index in [2.05, 4.69) is 10.9 Å². The molecule has 0 spiro atoms. The molecule has 3 aromatic carbocycles. The average molecular weight is 390 g/mol. The van der Waals surface area contributed by atoms with Gasteiger partial charge in [-0.05, 0) is 41.5 Å². The fourth-order valence-corrected chi connectivity index (χ4v) is 2.76. The van der Waals surface area contributed by atoms with Crippen LogP contribution in [0, 0.1) is 0 Å². The zero-order valence-electron chi connectivity index (χ0n) is 16.1. The summed E-state index contributed by atoms with van der Waals surface area (Å²) in [6.45, 7) is 2.11. The Morgan fingerprint density at radius 3 is 2.34 bits per heavy atom. The highest BCUT2D eigenvalue weighted by Gasteiger charge is 2.08. The van der Waals surface area contributed by atoms with Crippen LogP contribution in [-0.4, -0.2) is 25.0 Å². The van der Waals surface area contributed by atoms with Crippen LogP contribution in [0.15, 0.2) is 72.8 Å². The quantitative estimate of drug-likeness (QED) is 0.478. The third-order valence-electron chi connectivity index (χ3n) is 4.07. The summed E-state index contributed by atoms with van der Waals surface area (Å²) in [5.41, 5.74) is 5.58. The molecule has 3 aromatic rings. The first kappa shape index (κ1) is 19.9. The van der Waals surface area contributed by atoms with Crippen molar-refractivity contribution in [2.75, 3.05) is 13.2 Å². The number of para-hydroxylation sites is 2. The summed E-state index contributed by atoms with van der Waals surface area (Å²) in [6.07, 6.45) is 3.08. The summed E-state index contributed by atoms with van der Waals surface area (Å²) in [7, 11) is 0. The first-order chi connectivity index (χ1) is 14.2. The summed E-state index contributed by atoms with van der Waals surface area (Å²) >= 11 is 0. The first-order valence-electron chi connectivity index (χ1n) is 9.26. The van der Waals surface area contributed by atoms with Crippen molar-refractivity contribution in [3.8, 4) is 11.5 Å². The van der Waals surface area contributed by atoms with Gasteiger partial charge < -0.3 is 9.47 Å². The molecule has 0 bridgehead atoms. The van der Waals surface area contributed by atoms with Crippen molar-refractivity contribution in [1.82, 2.24) is 10.9 Å². The van der Waals surface area contributed by atoms with Gasteiger partial charge in [-0.15, -0.1) is 0 Å². The maximum Gasteiger partial charge on any atom is 0.276 e. The van der Waals surface area contributed by atoms with Crippen LogP contribution in [0.4, 0.5) is 0 Å². The van der Waals surface area contributed by atoms with E-state index in [0.717, 1.165) is 16.3 Å². The van der Waals surface area contributed by atoms with E-state index in [-0.39, 0.29) is 6.61 Å². The van der Waals surface area contributed by atoms with Gasteiger partial charge in [0, 0.05) is 6.08 Å². The Balaban J connectivity index is 1.50. The summed E-state index contributed by atoms with van der Waals surface area (Å²) in [6, 6.07) is 20.9. The number of hydrogen-bond donors (Lipinski definition) is 2. The highest BCUT2D eigenvalue weighted by molar-refractivity contribution is 5.97. The lowest BCUT2D eigenvalue weighted by atomic mass is 10.0. The van der Waals surface area contributed by atoms with Crippen molar-refractivity contribution >= 4 is 28.7 Å². The minimum absolute atomic E-state index is 0.253. The van der Waals surface area contributed by atoms with Crippen molar-refractivity contribution in [3.63, 3.8) is 0 Å². The van der Waals surface area contributed by atoms with Crippen molar-refractivity contribution in [1.29, 1.82) is 0 Å². The maximum absolute atomic E-state index is 12.0. The van der Waals surface area contributed by atoms with Gasteiger partial charge in [0.1, 0.15) is 0 Å². The average Bonchev–Trinajstić information content (AvgIpc) is 2.75. The van der Waals surface area contributed by atoms with Crippen molar-refractivity contribution in [2.45, 2.75) is 6.92 Å². The normalized spacial score (nSPS) is 10.7. The van der Waals surface area contributed by atoms with Gasteiger partial charge in [-0.25, -0.2) is 0 Å². The first-order valence-corrected chi connectivity index (χ1v) is 9.26. The molecule has 0 fully saturated rings. The van der Waals surface area contributed by atoms with E-state index < -0.39 is 11.8 Å². The molecule has 2 amide bonds. The van der Waals surface area contributed by atoms with E-state index in [0.29, 0.717) is 18.1 Å². The number of nitrogens with one attached hydrogen (secondary N) is 2. The van der Waals surface area contributed by atoms with E-state index in [1.807, 2.05) is 55.5 Å². The smallest absolute Gasteiger partial charge is 0.276 e. The van der Waals surface area contributed by atoms with E-state index in [9.17, 15) is 9.59 Å². The third-order valence-corrected chi connectivity index (χ3v) is 4.07. The molecule has 0 aliphatic rings. The largest absolute Gasteiger partial charge is 0.490 e. The Hall–Kier alpha value is -3.80. The number of rotatable bonds is 7. The van der Waals surface area contributed by atoms with Gasteiger partial charge in [0.15, 0.2) is 18.1 Å². The van der Waals surface area contributed by atoms with Crippen LogP contribution in [0.3, 0.4) is 0 Å². The molecule has 29 heavy (non-hydrogen) atoms. The molecule has 0 radical (unpaired) electrons. The van der Waals surface area contributed by atoms with Crippen molar-refractivity contribution in [3.05, 3.63) is 78.4 Å². The van der Waals surface area contributed by atoms with Gasteiger partial charge in [-0.1, -0.05) is 54.6 Å². The molecular weight excluding hydrogens is 368 g/mol. The molecular formula is C23H22N2O4. The molecule has 0 heterocycles. The number of ether oxygens (including phenoxy) is 2. The van der Waals surface area contributed by atoms with Crippen LogP contribution in [0.25, 0.3) is 16.8 Å². The summed E-state index contributed by atoms with van der Waals surface area (Å²) in [5, 5.41) is 2.14. The molecule has 0 atom stereocenters. The van der Waals surface area contributed by atoms with E-state index in [4.69, 9.17) is 9.47 Å². The molecule has 2 N–H and O–H groups in total. The van der Waals surface area contributed by atoms with E-state index in [1.54, 1.807) is 24.3 Å². The Bertz CT molecular complexity index is 1020. The number of fused-ring (bicyclic) bond motifs is 1. The monoisotopic (exact) mass is 390 g/mol. The minimum Gasteiger partial charge on any atom is -0.490 e. The third kappa shape index (κ3) is 5.59. The van der Waals surface area contributed by atoms with Crippen LogP contribution >= 0.6 is 0 Å². The predicted octanol–water partition coefficient (Wildman–Crippen LogP) is 3.48. The molecule has 0 saturated carbocycles. The maximum atomic E-state index is 12.0. The molecule has 0 unspecified atom stereocenters. The molecule has 0 aromatic heterocycles. The van der Waals surface area contributed by atoms with Gasteiger partial charge >= 0.3 is 0 Å². The fraction of sp³-hybridized carbons (Fsp3) is 0.130. The lowest BCUT2D eigenvalue weighted by Crippen LogP contribution is -2.43. The van der Waals surface area contributed by atoms with Gasteiger partial charge in [0.25, 0.3) is 11.8 Å². The summed E-state index contributed by atoms with van der Waals surface area (Å²) < 4.78 is 10.9. The highest BCUT2D eigenvalue weighted by atomic mass is 16.5. The Kier molecular flexibility index (Phi) is 6.84. The number of carbonyl (C=O) groups is 2. The number of hydrogen-bond acceptors (Lipinski definition) is 4. The Labute approximate surface area is 169 Å². The van der Waals surface area contributed by atoms with Crippen LogP contribution < -0.4 is 20.3 Å². The fourth-order valence-electron chi connectivity index (χ4n) is 2.76. The molecule has 6 heteroatoms. The minimum atomic E-state index is -0.483. The van der Waals surface area contributed by atoms with Crippen LogP contribution in [0.1, 0.15) is 12.5 Å². The zero-order valence-corrected chi connectivity index (χ0v) is 16.1.